The van der Waals surface area contributed by atoms with E-state index in [0.717, 1.165) is 10.4 Å². The predicted octanol–water partition coefficient (Wildman–Crippen LogP) is 1.42. The highest BCUT2D eigenvalue weighted by molar-refractivity contribution is 5.38. The van der Waals surface area contributed by atoms with Crippen molar-refractivity contribution < 1.29 is 14.2 Å². The second kappa shape index (κ2) is 7.11. The molecule has 0 N–H and O–H groups in total. The van der Waals surface area contributed by atoms with Gasteiger partial charge in [-0.2, -0.15) is 0 Å². The number of hydrogen-bond donors (Lipinski definition) is 0. The van der Waals surface area contributed by atoms with E-state index in [9.17, 15) is 0 Å². The van der Waals surface area contributed by atoms with E-state index in [1.807, 2.05) is 36.4 Å². The molecule has 0 bridgehead atoms. The van der Waals surface area contributed by atoms with E-state index in [2.05, 4.69) is 6.58 Å². The lowest BCUT2D eigenvalue weighted by Crippen LogP contribution is -2.36. The zero-order valence-electron chi connectivity index (χ0n) is 11.2. The summed E-state index contributed by atoms with van der Waals surface area (Å²) >= 11 is 0. The van der Waals surface area contributed by atoms with Gasteiger partial charge in [0.1, 0.15) is 0 Å². The quantitative estimate of drug-likeness (QED) is 0.713. The summed E-state index contributed by atoms with van der Waals surface area (Å²) in [6, 6.07) is 8.03. The van der Waals surface area contributed by atoms with Gasteiger partial charge in [0.05, 0.1) is 0 Å². The van der Waals surface area contributed by atoms with Gasteiger partial charge < -0.3 is 14.2 Å². The maximum Gasteiger partial charge on any atom is 0.285 e. The van der Waals surface area contributed by atoms with E-state index in [0.29, 0.717) is 6.42 Å². The van der Waals surface area contributed by atoms with E-state index in [-0.39, 0.29) is 0 Å². The molecule has 3 heteroatoms. The molecule has 0 aliphatic heterocycles. The Morgan fingerprint density at radius 2 is 1.61 bits per heavy atom. The lowest BCUT2D eigenvalue weighted by atomic mass is 10.2. The average Bonchev–Trinajstić information content (AvgIpc) is 2.43. The molecule has 18 heavy (non-hydrogen) atoms. The molecular formula is C15H20O3. The Hall–Kier alpha value is -1.42. The van der Waals surface area contributed by atoms with Crippen LogP contribution in [0.2, 0.25) is 0 Å². The fourth-order valence-corrected chi connectivity index (χ4v) is 1.71. The third kappa shape index (κ3) is 3.53. The van der Waals surface area contributed by atoms with Gasteiger partial charge in [-0.1, -0.05) is 49.1 Å². The minimum Gasteiger partial charge on any atom is -0.331 e. The second-order valence-electron chi connectivity index (χ2n) is 3.73. The first kappa shape index (κ1) is 14.6. The molecule has 1 aromatic rings. The van der Waals surface area contributed by atoms with Crippen molar-refractivity contribution in [3.63, 3.8) is 0 Å². The van der Waals surface area contributed by atoms with Gasteiger partial charge >= 0.3 is 0 Å². The van der Waals surface area contributed by atoms with Crippen molar-refractivity contribution >= 4 is 12.2 Å². The van der Waals surface area contributed by atoms with Gasteiger partial charge in [-0.15, -0.1) is 0 Å². The van der Waals surface area contributed by atoms with Crippen LogP contribution in [0.15, 0.2) is 36.9 Å². The van der Waals surface area contributed by atoms with Gasteiger partial charge in [-0.05, 0) is 10.4 Å². The Morgan fingerprint density at radius 1 is 1.06 bits per heavy atom. The largest absolute Gasteiger partial charge is 0.331 e. The molecule has 0 unspecified atom stereocenters. The van der Waals surface area contributed by atoms with Crippen LogP contribution in [-0.4, -0.2) is 27.3 Å². The zero-order valence-corrected chi connectivity index (χ0v) is 11.2. The minimum atomic E-state index is -1.03. The van der Waals surface area contributed by atoms with Gasteiger partial charge in [0.15, 0.2) is 0 Å². The van der Waals surface area contributed by atoms with E-state index >= 15 is 0 Å². The Bertz CT molecular complexity index is 478. The van der Waals surface area contributed by atoms with Gasteiger partial charge in [0.25, 0.3) is 5.97 Å². The molecule has 0 saturated carbocycles. The summed E-state index contributed by atoms with van der Waals surface area (Å²) in [6.45, 7) is 3.71. The molecule has 0 heterocycles. The van der Waals surface area contributed by atoms with E-state index in [1.54, 1.807) is 27.4 Å². The monoisotopic (exact) mass is 248 g/mol. The summed E-state index contributed by atoms with van der Waals surface area (Å²) in [5.41, 5.74) is 0. The first-order valence-corrected chi connectivity index (χ1v) is 5.75. The van der Waals surface area contributed by atoms with Gasteiger partial charge in [-0.3, -0.25) is 0 Å². The van der Waals surface area contributed by atoms with E-state index < -0.39 is 5.97 Å². The molecule has 3 nitrogen and oxygen atoms in total. The van der Waals surface area contributed by atoms with Crippen LogP contribution in [0, 0.1) is 0 Å². The lowest BCUT2D eigenvalue weighted by molar-refractivity contribution is -0.347. The Kier molecular flexibility index (Phi) is 5.78. The average molecular weight is 248 g/mol. The van der Waals surface area contributed by atoms with Gasteiger partial charge in [0.2, 0.25) is 0 Å². The van der Waals surface area contributed by atoms with Crippen LogP contribution in [-0.2, 0) is 14.2 Å². The zero-order chi connectivity index (χ0) is 13.4. The highest BCUT2D eigenvalue weighted by Crippen LogP contribution is 2.17. The molecule has 0 radical (unpaired) electrons. The van der Waals surface area contributed by atoms with Crippen LogP contribution >= 0.6 is 0 Å². The van der Waals surface area contributed by atoms with Crippen molar-refractivity contribution in [3.8, 4) is 0 Å². The van der Waals surface area contributed by atoms with Crippen LogP contribution in [0.3, 0.4) is 0 Å². The molecular weight excluding hydrogens is 228 g/mol. The van der Waals surface area contributed by atoms with Crippen molar-refractivity contribution in [2.45, 2.75) is 12.4 Å². The van der Waals surface area contributed by atoms with Crippen molar-refractivity contribution in [1.82, 2.24) is 0 Å². The minimum absolute atomic E-state index is 0.499. The second-order valence-corrected chi connectivity index (χ2v) is 3.73. The van der Waals surface area contributed by atoms with Crippen LogP contribution in [0.4, 0.5) is 0 Å². The third-order valence-electron chi connectivity index (χ3n) is 2.80. The molecule has 0 amide bonds. The molecule has 0 aromatic heterocycles. The number of hydrogen-bond acceptors (Lipinski definition) is 3. The third-order valence-corrected chi connectivity index (χ3v) is 2.80. The lowest BCUT2D eigenvalue weighted by Gasteiger charge is -2.27. The van der Waals surface area contributed by atoms with Crippen molar-refractivity contribution in [1.29, 1.82) is 0 Å². The number of ether oxygens (including phenoxy) is 3. The maximum atomic E-state index is 5.25. The highest BCUT2D eigenvalue weighted by atomic mass is 16.9. The van der Waals surface area contributed by atoms with Crippen molar-refractivity contribution in [2.75, 3.05) is 21.3 Å². The molecule has 0 atom stereocenters. The van der Waals surface area contributed by atoms with Crippen LogP contribution in [0.5, 0.6) is 0 Å². The normalized spacial score (nSPS) is 13.9. The maximum absolute atomic E-state index is 5.25. The summed E-state index contributed by atoms with van der Waals surface area (Å²) < 4.78 is 15.8. The first-order valence-electron chi connectivity index (χ1n) is 5.75. The van der Waals surface area contributed by atoms with Crippen LogP contribution in [0.1, 0.15) is 6.42 Å². The molecule has 0 aliphatic carbocycles. The first-order chi connectivity index (χ1) is 8.71. The Morgan fingerprint density at radius 3 is 2.11 bits per heavy atom. The summed E-state index contributed by atoms with van der Waals surface area (Å²) in [6.07, 6.45) is 6.24. The smallest absolute Gasteiger partial charge is 0.285 e. The number of benzene rings is 1. The number of methoxy groups -OCH3 is 3. The molecule has 0 fully saturated rings. The Balaban J connectivity index is 3.11. The fourth-order valence-electron chi connectivity index (χ4n) is 1.71. The van der Waals surface area contributed by atoms with Crippen molar-refractivity contribution in [2.24, 2.45) is 0 Å². The molecule has 98 valence electrons. The molecule has 0 saturated heterocycles. The SMILES string of the molecule is C=C/C=c1/cccc/c1=C/CC(OC)(OC)OC. The fraction of sp³-hybridized carbons (Fsp3) is 0.333. The van der Waals surface area contributed by atoms with Crippen LogP contribution in [0.25, 0.3) is 12.2 Å². The van der Waals surface area contributed by atoms with Crippen molar-refractivity contribution in [3.05, 3.63) is 47.4 Å². The number of rotatable bonds is 6. The topological polar surface area (TPSA) is 27.7 Å². The highest BCUT2D eigenvalue weighted by Gasteiger charge is 2.27. The van der Waals surface area contributed by atoms with E-state index in [1.165, 1.54) is 0 Å². The molecule has 0 spiro atoms. The van der Waals surface area contributed by atoms with E-state index in [4.69, 9.17) is 14.2 Å². The summed E-state index contributed by atoms with van der Waals surface area (Å²) in [4.78, 5) is 0. The standard InChI is InChI=1S/C15H20O3/c1-5-8-13-9-6-7-10-14(13)11-12-15(16-2,17-3)18-4/h5-11H,1,12H2,2-4H3/b13-8-,14-11-. The van der Waals surface area contributed by atoms with Gasteiger partial charge in [0, 0.05) is 27.8 Å². The Labute approximate surface area is 108 Å². The predicted molar refractivity (Wildman–Crippen MR) is 73.2 cm³/mol. The number of allylic oxidation sites excluding steroid dienone is 1. The molecule has 0 aliphatic rings. The summed E-state index contributed by atoms with van der Waals surface area (Å²) in [5.74, 6) is -1.03. The molecule has 1 rings (SSSR count). The summed E-state index contributed by atoms with van der Waals surface area (Å²) in [5, 5.41) is 2.19. The molecule has 1 aromatic carbocycles. The van der Waals surface area contributed by atoms with Gasteiger partial charge in [-0.25, -0.2) is 0 Å². The summed E-state index contributed by atoms with van der Waals surface area (Å²) in [7, 11) is 4.67. The van der Waals surface area contributed by atoms with Crippen LogP contribution < -0.4 is 10.4 Å².